The van der Waals surface area contributed by atoms with E-state index in [0.717, 1.165) is 24.9 Å². The first kappa shape index (κ1) is 17.2. The Morgan fingerprint density at radius 3 is 2.76 bits per heavy atom. The number of carboxylic acids is 1. The third-order valence-electron chi connectivity index (χ3n) is 4.31. The average molecular weight is 344 g/mol. The van der Waals surface area contributed by atoms with E-state index in [1.807, 2.05) is 12.1 Å². The van der Waals surface area contributed by atoms with Crippen molar-refractivity contribution in [1.82, 2.24) is 20.1 Å². The molecule has 3 rings (SSSR count). The van der Waals surface area contributed by atoms with Crippen molar-refractivity contribution in [2.24, 2.45) is 0 Å². The molecule has 1 aliphatic heterocycles. The number of hydrogen-bond acceptors (Lipinski definition) is 7. The fourth-order valence-corrected chi connectivity index (χ4v) is 2.99. The van der Waals surface area contributed by atoms with Gasteiger partial charge in [0.2, 0.25) is 11.8 Å². The van der Waals surface area contributed by atoms with E-state index in [1.54, 1.807) is 12.4 Å². The molecule has 0 spiro atoms. The number of hydrogen-bond donors (Lipinski definition) is 1. The zero-order valence-electron chi connectivity index (χ0n) is 13.8. The Labute approximate surface area is 144 Å². The Balaban J connectivity index is 1.59. The number of pyridine rings is 1. The summed E-state index contributed by atoms with van der Waals surface area (Å²) in [5.41, 5.74) is 0.821. The second-order valence-corrected chi connectivity index (χ2v) is 6.06. The summed E-state index contributed by atoms with van der Waals surface area (Å²) in [4.78, 5) is 28.4. The quantitative estimate of drug-likeness (QED) is 0.775. The molecule has 8 heteroatoms. The fraction of sp³-hybridized carbons (Fsp3) is 0.471. The summed E-state index contributed by atoms with van der Waals surface area (Å²) in [7, 11) is 0. The number of carbonyl (C=O) groups is 2. The molecule has 25 heavy (non-hydrogen) atoms. The molecule has 1 unspecified atom stereocenters. The number of likely N-dealkylation sites (tertiary alicyclic amines) is 1. The molecule has 0 amide bonds. The summed E-state index contributed by atoms with van der Waals surface area (Å²) in [5.74, 6) is 0.0436. The fourth-order valence-electron chi connectivity index (χ4n) is 2.99. The normalized spacial score (nSPS) is 17.7. The van der Waals surface area contributed by atoms with E-state index in [2.05, 4.69) is 20.1 Å². The number of Topliss-reactive ketones (excluding diaryl/α,β-unsaturated/α-hetero) is 1. The van der Waals surface area contributed by atoms with Gasteiger partial charge in [-0.05, 0) is 31.5 Å². The van der Waals surface area contributed by atoms with Crippen LogP contribution in [0.1, 0.15) is 44.0 Å². The highest BCUT2D eigenvalue weighted by atomic mass is 16.4. The van der Waals surface area contributed by atoms with E-state index in [4.69, 9.17) is 9.52 Å². The van der Waals surface area contributed by atoms with Crippen LogP contribution >= 0.6 is 0 Å². The number of ketones is 1. The highest BCUT2D eigenvalue weighted by Gasteiger charge is 2.30. The van der Waals surface area contributed by atoms with Crippen molar-refractivity contribution in [2.75, 3.05) is 13.1 Å². The molecular formula is C17H20N4O4. The zero-order chi connectivity index (χ0) is 17.6. The lowest BCUT2D eigenvalue weighted by Gasteiger charge is -2.20. The zero-order valence-corrected chi connectivity index (χ0v) is 13.8. The molecule has 1 aliphatic rings. The largest absolute Gasteiger partial charge is 0.481 e. The van der Waals surface area contributed by atoms with Crippen molar-refractivity contribution in [3.8, 4) is 11.5 Å². The van der Waals surface area contributed by atoms with Gasteiger partial charge in [-0.1, -0.05) is 0 Å². The van der Waals surface area contributed by atoms with Crippen LogP contribution in [0.4, 0.5) is 0 Å². The molecule has 132 valence electrons. The molecule has 2 aromatic heterocycles. The average Bonchev–Trinajstić information content (AvgIpc) is 3.27. The van der Waals surface area contributed by atoms with Gasteiger partial charge in [0.05, 0.1) is 12.5 Å². The van der Waals surface area contributed by atoms with Gasteiger partial charge in [0.15, 0.2) is 0 Å². The van der Waals surface area contributed by atoms with Crippen LogP contribution in [0.15, 0.2) is 28.9 Å². The topological polar surface area (TPSA) is 109 Å². The number of aromatic nitrogens is 3. The Morgan fingerprint density at radius 1 is 1.20 bits per heavy atom. The highest BCUT2D eigenvalue weighted by molar-refractivity contribution is 5.82. The van der Waals surface area contributed by atoms with Crippen molar-refractivity contribution in [3.63, 3.8) is 0 Å². The van der Waals surface area contributed by atoms with Gasteiger partial charge in [-0.3, -0.25) is 19.5 Å². The highest BCUT2D eigenvalue weighted by Crippen LogP contribution is 2.32. The minimum Gasteiger partial charge on any atom is -0.481 e. The molecule has 0 saturated carbocycles. The summed E-state index contributed by atoms with van der Waals surface area (Å²) in [6.45, 7) is 1.44. The van der Waals surface area contributed by atoms with Gasteiger partial charge in [-0.15, -0.1) is 10.2 Å². The van der Waals surface area contributed by atoms with Crippen molar-refractivity contribution >= 4 is 11.8 Å². The number of aliphatic carboxylic acids is 1. The van der Waals surface area contributed by atoms with Crippen molar-refractivity contribution in [2.45, 2.75) is 38.1 Å². The maximum atomic E-state index is 11.8. The minimum absolute atomic E-state index is 0.00959. The van der Waals surface area contributed by atoms with Gasteiger partial charge in [0.25, 0.3) is 0 Å². The van der Waals surface area contributed by atoms with E-state index in [1.165, 1.54) is 0 Å². The molecule has 0 bridgehead atoms. The molecule has 0 aromatic carbocycles. The van der Waals surface area contributed by atoms with Crippen LogP contribution in [-0.2, 0) is 9.59 Å². The molecule has 3 heterocycles. The first-order valence-electron chi connectivity index (χ1n) is 8.35. The first-order chi connectivity index (χ1) is 12.1. The Morgan fingerprint density at radius 2 is 2.00 bits per heavy atom. The number of nitrogens with zero attached hydrogens (tertiary/aromatic N) is 4. The monoisotopic (exact) mass is 344 g/mol. The Bertz CT molecular complexity index is 731. The molecule has 1 saturated heterocycles. The number of carboxylic acid groups (broad SMARTS) is 1. The second-order valence-electron chi connectivity index (χ2n) is 6.06. The van der Waals surface area contributed by atoms with Crippen LogP contribution in [0.3, 0.4) is 0 Å². The first-order valence-corrected chi connectivity index (χ1v) is 8.35. The van der Waals surface area contributed by atoms with E-state index >= 15 is 0 Å². The van der Waals surface area contributed by atoms with Crippen LogP contribution in [-0.4, -0.2) is 50.0 Å². The van der Waals surface area contributed by atoms with Gasteiger partial charge < -0.3 is 9.52 Å². The second kappa shape index (κ2) is 7.98. The molecule has 1 atom stereocenters. The van der Waals surface area contributed by atoms with E-state index in [-0.39, 0.29) is 24.7 Å². The van der Waals surface area contributed by atoms with Crippen molar-refractivity contribution in [3.05, 3.63) is 30.4 Å². The van der Waals surface area contributed by atoms with E-state index in [9.17, 15) is 9.59 Å². The van der Waals surface area contributed by atoms with Crippen molar-refractivity contribution < 1.29 is 19.1 Å². The lowest BCUT2D eigenvalue weighted by Crippen LogP contribution is -2.26. The summed E-state index contributed by atoms with van der Waals surface area (Å²) in [5, 5.41) is 16.9. The molecule has 0 aliphatic carbocycles. The van der Waals surface area contributed by atoms with Crippen molar-refractivity contribution in [1.29, 1.82) is 0 Å². The summed E-state index contributed by atoms with van der Waals surface area (Å²) in [6, 6.07) is 3.63. The summed E-state index contributed by atoms with van der Waals surface area (Å²) >= 11 is 0. The van der Waals surface area contributed by atoms with Crippen LogP contribution in [0.2, 0.25) is 0 Å². The van der Waals surface area contributed by atoms with Crippen LogP contribution < -0.4 is 0 Å². The van der Waals surface area contributed by atoms with Gasteiger partial charge in [0.1, 0.15) is 5.78 Å². The lowest BCUT2D eigenvalue weighted by atomic mass is 10.1. The van der Waals surface area contributed by atoms with E-state index < -0.39 is 5.97 Å². The van der Waals surface area contributed by atoms with Gasteiger partial charge in [0, 0.05) is 37.3 Å². The maximum Gasteiger partial charge on any atom is 0.303 e. The van der Waals surface area contributed by atoms with Gasteiger partial charge in [-0.2, -0.15) is 0 Å². The maximum absolute atomic E-state index is 11.8. The smallest absolute Gasteiger partial charge is 0.303 e. The third-order valence-corrected chi connectivity index (χ3v) is 4.31. The van der Waals surface area contributed by atoms with Crippen LogP contribution in [0, 0.1) is 0 Å². The number of carbonyl (C=O) groups excluding carboxylic acids is 1. The van der Waals surface area contributed by atoms with Gasteiger partial charge in [-0.25, -0.2) is 0 Å². The Hall–Kier alpha value is -2.61. The minimum atomic E-state index is -0.943. The standard InChI is InChI=1S/C17H20N4O4/c22-13(3-4-15(23)24)7-11-21-10-1-2-14(21)17-20-19-16(25-17)12-5-8-18-9-6-12/h5-6,8-9,14H,1-4,7,10-11H2,(H,23,24). The summed E-state index contributed by atoms with van der Waals surface area (Å²) < 4.78 is 5.82. The molecular weight excluding hydrogens is 324 g/mol. The van der Waals surface area contributed by atoms with E-state index in [0.29, 0.717) is 24.7 Å². The molecule has 1 N–H and O–H groups in total. The SMILES string of the molecule is O=C(O)CCC(=O)CCN1CCCC1c1nnc(-c2ccncc2)o1. The summed E-state index contributed by atoms with van der Waals surface area (Å²) in [6.07, 6.45) is 5.56. The molecule has 2 aromatic rings. The molecule has 8 nitrogen and oxygen atoms in total. The van der Waals surface area contributed by atoms with Crippen LogP contribution in [0.5, 0.6) is 0 Å². The van der Waals surface area contributed by atoms with Gasteiger partial charge >= 0.3 is 5.97 Å². The van der Waals surface area contributed by atoms with Crippen LogP contribution in [0.25, 0.3) is 11.5 Å². The lowest BCUT2D eigenvalue weighted by molar-refractivity contribution is -0.138. The molecule has 0 radical (unpaired) electrons. The predicted octanol–water partition coefficient (Wildman–Crippen LogP) is 2.09. The Kier molecular flexibility index (Phi) is 5.49. The molecule has 1 fully saturated rings. The third kappa shape index (κ3) is 4.48. The predicted molar refractivity (Wildman–Crippen MR) is 87.6 cm³/mol. The number of rotatable bonds is 8.